The SMILES string of the molecule is COCCn1c(C)c(C)c2cncc(OCc3ccc(F)cc3)c21.Cl. The average Bonchev–Trinajstić information content (AvgIpc) is 2.84. The predicted molar refractivity (Wildman–Crippen MR) is 99.1 cm³/mol. The van der Waals surface area contributed by atoms with Gasteiger partial charge in [-0.2, -0.15) is 0 Å². The van der Waals surface area contributed by atoms with E-state index in [1.807, 2.05) is 6.20 Å². The van der Waals surface area contributed by atoms with Gasteiger partial charge in [-0.3, -0.25) is 4.98 Å². The fourth-order valence-corrected chi connectivity index (χ4v) is 2.86. The molecule has 0 bridgehead atoms. The van der Waals surface area contributed by atoms with Crippen molar-refractivity contribution in [3.8, 4) is 5.75 Å². The highest BCUT2D eigenvalue weighted by Crippen LogP contribution is 2.31. The van der Waals surface area contributed by atoms with Crippen molar-refractivity contribution in [1.29, 1.82) is 0 Å². The zero-order valence-corrected chi connectivity index (χ0v) is 15.4. The molecule has 3 aromatic rings. The molecule has 134 valence electrons. The lowest BCUT2D eigenvalue weighted by atomic mass is 10.2. The smallest absolute Gasteiger partial charge is 0.162 e. The second-order valence-electron chi connectivity index (χ2n) is 5.80. The van der Waals surface area contributed by atoms with E-state index in [2.05, 4.69) is 23.4 Å². The van der Waals surface area contributed by atoms with Crippen molar-refractivity contribution < 1.29 is 13.9 Å². The number of halogens is 2. The summed E-state index contributed by atoms with van der Waals surface area (Å²) in [4.78, 5) is 4.31. The summed E-state index contributed by atoms with van der Waals surface area (Å²) in [5.74, 6) is 0.478. The molecule has 1 aromatic carbocycles. The third-order valence-electron chi connectivity index (χ3n) is 4.33. The molecular weight excluding hydrogens is 343 g/mol. The number of aromatic nitrogens is 2. The Hall–Kier alpha value is -2.11. The zero-order chi connectivity index (χ0) is 17.1. The molecule has 0 aliphatic heterocycles. The third-order valence-corrected chi connectivity index (χ3v) is 4.33. The van der Waals surface area contributed by atoms with Gasteiger partial charge in [0.15, 0.2) is 5.75 Å². The summed E-state index contributed by atoms with van der Waals surface area (Å²) in [6, 6.07) is 6.33. The van der Waals surface area contributed by atoms with Crippen LogP contribution in [0.2, 0.25) is 0 Å². The minimum atomic E-state index is -0.248. The van der Waals surface area contributed by atoms with Gasteiger partial charge < -0.3 is 14.0 Å². The molecule has 0 spiro atoms. The molecule has 0 saturated carbocycles. The molecule has 0 saturated heterocycles. The summed E-state index contributed by atoms with van der Waals surface area (Å²) < 4.78 is 26.4. The highest BCUT2D eigenvalue weighted by Gasteiger charge is 2.15. The fourth-order valence-electron chi connectivity index (χ4n) is 2.86. The standard InChI is InChI=1S/C19H21FN2O2.ClH/c1-13-14(2)22(8-9-23-3)19-17(13)10-21-11-18(19)24-12-15-4-6-16(20)7-5-15;/h4-7,10-11H,8-9,12H2,1-3H3;1H. The van der Waals surface area contributed by atoms with E-state index < -0.39 is 0 Å². The van der Waals surface area contributed by atoms with Crippen LogP contribution in [0, 0.1) is 19.7 Å². The van der Waals surface area contributed by atoms with Crippen LogP contribution in [0.25, 0.3) is 10.9 Å². The Bertz CT molecular complexity index is 847. The van der Waals surface area contributed by atoms with Gasteiger partial charge in [-0.05, 0) is 37.1 Å². The largest absolute Gasteiger partial charge is 0.485 e. The first kappa shape index (κ1) is 19.2. The molecule has 3 rings (SSSR count). The summed E-state index contributed by atoms with van der Waals surface area (Å²) in [6.07, 6.45) is 3.60. The fraction of sp³-hybridized carbons (Fsp3) is 0.316. The van der Waals surface area contributed by atoms with E-state index in [1.54, 1.807) is 25.4 Å². The number of nitrogens with zero attached hydrogens (tertiary/aromatic N) is 2. The van der Waals surface area contributed by atoms with Crippen molar-refractivity contribution in [2.45, 2.75) is 27.0 Å². The molecule has 0 fully saturated rings. The Morgan fingerprint density at radius 1 is 1.12 bits per heavy atom. The number of benzene rings is 1. The number of ether oxygens (including phenoxy) is 2. The van der Waals surface area contributed by atoms with Gasteiger partial charge >= 0.3 is 0 Å². The zero-order valence-electron chi connectivity index (χ0n) is 14.6. The van der Waals surface area contributed by atoms with E-state index in [9.17, 15) is 4.39 Å². The normalized spacial score (nSPS) is 10.7. The first-order chi connectivity index (χ1) is 11.6. The molecule has 0 amide bonds. The van der Waals surface area contributed by atoms with Crippen LogP contribution in [0.4, 0.5) is 4.39 Å². The van der Waals surface area contributed by atoms with Crippen molar-refractivity contribution in [3.63, 3.8) is 0 Å². The Labute approximate surface area is 153 Å². The average molecular weight is 365 g/mol. The molecule has 2 heterocycles. The number of pyridine rings is 1. The van der Waals surface area contributed by atoms with Gasteiger partial charge in [-0.25, -0.2) is 4.39 Å². The molecule has 2 aromatic heterocycles. The van der Waals surface area contributed by atoms with Crippen LogP contribution in [0.1, 0.15) is 16.8 Å². The summed E-state index contributed by atoms with van der Waals surface area (Å²) in [6.45, 7) is 5.93. The van der Waals surface area contributed by atoms with E-state index in [-0.39, 0.29) is 18.2 Å². The van der Waals surface area contributed by atoms with Gasteiger partial charge in [0.2, 0.25) is 0 Å². The highest BCUT2D eigenvalue weighted by molar-refractivity contribution is 5.89. The van der Waals surface area contributed by atoms with Gasteiger partial charge in [0.05, 0.1) is 18.3 Å². The molecule has 4 nitrogen and oxygen atoms in total. The van der Waals surface area contributed by atoms with Crippen molar-refractivity contribution >= 4 is 23.3 Å². The molecule has 25 heavy (non-hydrogen) atoms. The van der Waals surface area contributed by atoms with Crippen LogP contribution in [-0.4, -0.2) is 23.3 Å². The molecule has 0 N–H and O–H groups in total. The molecule has 6 heteroatoms. The van der Waals surface area contributed by atoms with Gasteiger partial charge in [0.25, 0.3) is 0 Å². The Balaban J connectivity index is 0.00000225. The number of hydrogen-bond donors (Lipinski definition) is 0. The van der Waals surface area contributed by atoms with Crippen LogP contribution in [0.15, 0.2) is 36.7 Å². The lowest BCUT2D eigenvalue weighted by Crippen LogP contribution is -2.07. The molecule has 0 radical (unpaired) electrons. The van der Waals surface area contributed by atoms with E-state index in [0.717, 1.165) is 28.8 Å². The Morgan fingerprint density at radius 2 is 1.84 bits per heavy atom. The summed E-state index contributed by atoms with van der Waals surface area (Å²) in [5.41, 5.74) is 4.32. The summed E-state index contributed by atoms with van der Waals surface area (Å²) in [5, 5.41) is 1.08. The molecule has 0 aliphatic carbocycles. The minimum Gasteiger partial charge on any atom is -0.485 e. The van der Waals surface area contributed by atoms with Crippen LogP contribution in [0.5, 0.6) is 5.75 Å². The first-order valence-electron chi connectivity index (χ1n) is 7.91. The van der Waals surface area contributed by atoms with Gasteiger partial charge in [0, 0.05) is 30.9 Å². The molecule has 0 aliphatic rings. The maximum absolute atomic E-state index is 13.0. The van der Waals surface area contributed by atoms with Gasteiger partial charge in [-0.15, -0.1) is 12.4 Å². The number of rotatable bonds is 6. The second-order valence-corrected chi connectivity index (χ2v) is 5.80. The predicted octanol–water partition coefficient (Wildman–Crippen LogP) is 4.44. The summed E-state index contributed by atoms with van der Waals surface area (Å²) >= 11 is 0. The summed E-state index contributed by atoms with van der Waals surface area (Å²) in [7, 11) is 1.70. The second kappa shape index (κ2) is 8.32. The maximum atomic E-state index is 13.0. The Morgan fingerprint density at radius 3 is 2.52 bits per heavy atom. The van der Waals surface area contributed by atoms with E-state index >= 15 is 0 Å². The first-order valence-corrected chi connectivity index (χ1v) is 7.91. The number of aryl methyl sites for hydroxylation is 1. The van der Waals surface area contributed by atoms with Crippen molar-refractivity contribution in [3.05, 3.63) is 59.3 Å². The van der Waals surface area contributed by atoms with Gasteiger partial charge in [-0.1, -0.05) is 12.1 Å². The lowest BCUT2D eigenvalue weighted by molar-refractivity contribution is 0.187. The van der Waals surface area contributed by atoms with Crippen LogP contribution < -0.4 is 4.74 Å². The number of fused-ring (bicyclic) bond motifs is 1. The minimum absolute atomic E-state index is 0. The van der Waals surface area contributed by atoms with Crippen molar-refractivity contribution in [2.75, 3.05) is 13.7 Å². The number of methoxy groups -OCH3 is 1. The van der Waals surface area contributed by atoms with Crippen LogP contribution in [0.3, 0.4) is 0 Å². The molecule has 0 unspecified atom stereocenters. The van der Waals surface area contributed by atoms with E-state index in [4.69, 9.17) is 9.47 Å². The van der Waals surface area contributed by atoms with Crippen LogP contribution in [-0.2, 0) is 17.9 Å². The third kappa shape index (κ3) is 3.94. The maximum Gasteiger partial charge on any atom is 0.162 e. The van der Waals surface area contributed by atoms with E-state index in [1.165, 1.54) is 23.4 Å². The van der Waals surface area contributed by atoms with Crippen molar-refractivity contribution in [1.82, 2.24) is 9.55 Å². The van der Waals surface area contributed by atoms with Crippen LogP contribution >= 0.6 is 12.4 Å². The lowest BCUT2D eigenvalue weighted by Gasteiger charge is -2.12. The topological polar surface area (TPSA) is 36.3 Å². The monoisotopic (exact) mass is 364 g/mol. The highest BCUT2D eigenvalue weighted by atomic mass is 35.5. The quantitative estimate of drug-likeness (QED) is 0.648. The Kier molecular flexibility index (Phi) is 6.39. The van der Waals surface area contributed by atoms with Gasteiger partial charge in [0.1, 0.15) is 12.4 Å². The molecule has 0 atom stereocenters. The van der Waals surface area contributed by atoms with Crippen molar-refractivity contribution in [2.24, 2.45) is 0 Å². The molecular formula is C19H22ClFN2O2. The number of hydrogen-bond acceptors (Lipinski definition) is 3. The van der Waals surface area contributed by atoms with E-state index in [0.29, 0.717) is 13.2 Å².